The van der Waals surface area contributed by atoms with Gasteiger partial charge in [-0.05, 0) is 49.2 Å². The van der Waals surface area contributed by atoms with E-state index in [-0.39, 0.29) is 5.82 Å². The Morgan fingerprint density at radius 1 is 0.815 bits per heavy atom. The van der Waals surface area contributed by atoms with Crippen LogP contribution in [-0.2, 0) is 0 Å². The minimum absolute atomic E-state index is 0.254. The standard InChI is InChI=1S/C20H19N5O2/c1-14-8-3-5-10-16(14)22-19(26)25(17-11-6-4-9-15(17)2)20(27)23-18-12-7-13-21-24-18/h3-13H,1-2H3,(H,22,26)(H,23,24,27). The molecule has 3 rings (SSSR count). The van der Waals surface area contributed by atoms with Crippen LogP contribution in [-0.4, -0.2) is 22.3 Å². The van der Waals surface area contributed by atoms with E-state index < -0.39 is 12.1 Å². The first-order chi connectivity index (χ1) is 13.1. The SMILES string of the molecule is Cc1ccccc1NC(=O)N(C(=O)Nc1cccnn1)c1ccccc1C. The molecule has 2 N–H and O–H groups in total. The highest BCUT2D eigenvalue weighted by Crippen LogP contribution is 2.22. The van der Waals surface area contributed by atoms with E-state index in [1.807, 2.05) is 44.2 Å². The van der Waals surface area contributed by atoms with Crippen LogP contribution in [0.3, 0.4) is 0 Å². The maximum atomic E-state index is 13.0. The van der Waals surface area contributed by atoms with Crippen LogP contribution in [0, 0.1) is 13.8 Å². The summed E-state index contributed by atoms with van der Waals surface area (Å²) in [6, 6.07) is 16.6. The van der Waals surface area contributed by atoms with E-state index in [1.54, 1.807) is 30.3 Å². The number of hydrogen-bond donors (Lipinski definition) is 2. The quantitative estimate of drug-likeness (QED) is 0.725. The van der Waals surface area contributed by atoms with Gasteiger partial charge in [0.1, 0.15) is 0 Å². The van der Waals surface area contributed by atoms with Crippen LogP contribution in [0.4, 0.5) is 26.8 Å². The Labute approximate surface area is 157 Å². The lowest BCUT2D eigenvalue weighted by Gasteiger charge is -2.23. The zero-order chi connectivity index (χ0) is 19.2. The molecule has 3 aromatic rings. The number of aromatic nitrogens is 2. The summed E-state index contributed by atoms with van der Waals surface area (Å²) in [7, 11) is 0. The summed E-state index contributed by atoms with van der Waals surface area (Å²) >= 11 is 0. The average Bonchev–Trinajstić information content (AvgIpc) is 2.66. The van der Waals surface area contributed by atoms with E-state index in [2.05, 4.69) is 20.8 Å². The molecule has 7 heteroatoms. The molecule has 136 valence electrons. The number of amides is 4. The molecule has 0 bridgehead atoms. The second kappa shape index (κ2) is 8.09. The van der Waals surface area contributed by atoms with Crippen molar-refractivity contribution in [1.29, 1.82) is 0 Å². The molecule has 0 radical (unpaired) electrons. The number of para-hydroxylation sites is 2. The molecule has 2 aromatic carbocycles. The average molecular weight is 361 g/mol. The highest BCUT2D eigenvalue weighted by atomic mass is 16.2. The van der Waals surface area contributed by atoms with Gasteiger partial charge in [0, 0.05) is 11.9 Å². The van der Waals surface area contributed by atoms with Crippen molar-refractivity contribution in [3.05, 3.63) is 78.0 Å². The fraction of sp³-hybridized carbons (Fsp3) is 0.100. The van der Waals surface area contributed by atoms with Crippen molar-refractivity contribution in [2.75, 3.05) is 15.5 Å². The van der Waals surface area contributed by atoms with Crippen molar-refractivity contribution < 1.29 is 9.59 Å². The molecule has 1 heterocycles. The third-order valence-corrected chi connectivity index (χ3v) is 3.96. The highest BCUT2D eigenvalue weighted by Gasteiger charge is 2.25. The van der Waals surface area contributed by atoms with Crippen molar-refractivity contribution in [2.45, 2.75) is 13.8 Å². The van der Waals surface area contributed by atoms with Crippen molar-refractivity contribution in [3.8, 4) is 0 Å². The first-order valence-corrected chi connectivity index (χ1v) is 8.37. The molecule has 0 saturated heterocycles. The summed E-state index contributed by atoms with van der Waals surface area (Å²) in [5.41, 5.74) is 2.79. The Hall–Kier alpha value is -3.74. The number of aryl methyl sites for hydroxylation is 2. The normalized spacial score (nSPS) is 10.1. The minimum Gasteiger partial charge on any atom is -0.307 e. The maximum absolute atomic E-state index is 13.0. The molecule has 0 fully saturated rings. The molecule has 27 heavy (non-hydrogen) atoms. The summed E-state index contributed by atoms with van der Waals surface area (Å²) in [6.45, 7) is 3.71. The fourth-order valence-corrected chi connectivity index (χ4v) is 2.54. The molecular weight excluding hydrogens is 342 g/mol. The van der Waals surface area contributed by atoms with E-state index >= 15 is 0 Å². The number of carbonyl (C=O) groups excluding carboxylic acids is 2. The lowest BCUT2D eigenvalue weighted by atomic mass is 10.2. The summed E-state index contributed by atoms with van der Waals surface area (Å²) in [4.78, 5) is 26.9. The lowest BCUT2D eigenvalue weighted by Crippen LogP contribution is -2.43. The topological polar surface area (TPSA) is 87.2 Å². The van der Waals surface area contributed by atoms with Crippen LogP contribution in [0.5, 0.6) is 0 Å². The number of imide groups is 1. The lowest BCUT2D eigenvalue weighted by molar-refractivity contribution is 0.246. The second-order valence-electron chi connectivity index (χ2n) is 5.91. The number of hydrogen-bond acceptors (Lipinski definition) is 4. The van der Waals surface area contributed by atoms with Gasteiger partial charge in [0.25, 0.3) is 0 Å². The molecule has 7 nitrogen and oxygen atoms in total. The Bertz CT molecular complexity index is 959. The van der Waals surface area contributed by atoms with Crippen LogP contribution in [0.15, 0.2) is 66.9 Å². The Morgan fingerprint density at radius 3 is 2.15 bits per heavy atom. The minimum atomic E-state index is -0.629. The number of urea groups is 2. The van der Waals surface area contributed by atoms with Crippen molar-refractivity contribution in [2.24, 2.45) is 0 Å². The van der Waals surface area contributed by atoms with Gasteiger partial charge in [-0.2, -0.15) is 5.10 Å². The number of nitrogens with zero attached hydrogens (tertiary/aromatic N) is 3. The van der Waals surface area contributed by atoms with Crippen LogP contribution in [0.1, 0.15) is 11.1 Å². The van der Waals surface area contributed by atoms with Gasteiger partial charge in [-0.15, -0.1) is 5.10 Å². The molecule has 4 amide bonds. The first-order valence-electron chi connectivity index (χ1n) is 8.37. The van der Waals surface area contributed by atoms with E-state index in [4.69, 9.17) is 0 Å². The van der Waals surface area contributed by atoms with Gasteiger partial charge in [0.2, 0.25) is 0 Å². The summed E-state index contributed by atoms with van der Waals surface area (Å²) in [5.74, 6) is 0.254. The summed E-state index contributed by atoms with van der Waals surface area (Å²) < 4.78 is 0. The number of anilines is 3. The molecule has 0 aliphatic carbocycles. The molecule has 0 aliphatic rings. The van der Waals surface area contributed by atoms with Gasteiger partial charge in [-0.3, -0.25) is 5.32 Å². The number of benzene rings is 2. The molecule has 0 saturated carbocycles. The highest BCUT2D eigenvalue weighted by molar-refractivity contribution is 6.21. The van der Waals surface area contributed by atoms with Crippen LogP contribution in [0.2, 0.25) is 0 Å². The van der Waals surface area contributed by atoms with Gasteiger partial charge < -0.3 is 5.32 Å². The predicted octanol–water partition coefficient (Wildman–Crippen LogP) is 4.36. The van der Waals surface area contributed by atoms with Crippen LogP contribution < -0.4 is 15.5 Å². The third kappa shape index (κ3) is 4.27. The summed E-state index contributed by atoms with van der Waals surface area (Å²) in [5, 5.41) is 13.0. The van der Waals surface area contributed by atoms with Gasteiger partial charge in [-0.25, -0.2) is 14.5 Å². The molecule has 1 aromatic heterocycles. The van der Waals surface area contributed by atoms with E-state index in [1.165, 1.54) is 6.20 Å². The van der Waals surface area contributed by atoms with Crippen LogP contribution >= 0.6 is 0 Å². The number of rotatable bonds is 3. The van der Waals surface area contributed by atoms with E-state index in [0.717, 1.165) is 16.0 Å². The fourth-order valence-electron chi connectivity index (χ4n) is 2.54. The van der Waals surface area contributed by atoms with Gasteiger partial charge in [0.05, 0.1) is 5.69 Å². The molecular formula is C20H19N5O2. The maximum Gasteiger partial charge on any atom is 0.335 e. The predicted molar refractivity (Wildman–Crippen MR) is 105 cm³/mol. The molecule has 0 spiro atoms. The second-order valence-corrected chi connectivity index (χ2v) is 5.91. The third-order valence-electron chi connectivity index (χ3n) is 3.96. The van der Waals surface area contributed by atoms with Gasteiger partial charge in [0.15, 0.2) is 5.82 Å². The van der Waals surface area contributed by atoms with Gasteiger partial charge in [-0.1, -0.05) is 36.4 Å². The summed E-state index contributed by atoms with van der Waals surface area (Å²) in [6.07, 6.45) is 1.50. The number of nitrogens with one attached hydrogen (secondary N) is 2. The van der Waals surface area contributed by atoms with Crippen molar-refractivity contribution in [3.63, 3.8) is 0 Å². The smallest absolute Gasteiger partial charge is 0.307 e. The Kier molecular flexibility index (Phi) is 5.41. The molecule has 0 unspecified atom stereocenters. The number of carbonyl (C=O) groups is 2. The van der Waals surface area contributed by atoms with Crippen molar-refractivity contribution in [1.82, 2.24) is 10.2 Å². The zero-order valence-corrected chi connectivity index (χ0v) is 15.0. The zero-order valence-electron chi connectivity index (χ0n) is 15.0. The Morgan fingerprint density at radius 2 is 1.48 bits per heavy atom. The van der Waals surface area contributed by atoms with Gasteiger partial charge >= 0.3 is 12.1 Å². The largest absolute Gasteiger partial charge is 0.335 e. The van der Waals surface area contributed by atoms with Crippen molar-refractivity contribution >= 4 is 29.3 Å². The molecule has 0 aliphatic heterocycles. The Balaban J connectivity index is 1.92. The van der Waals surface area contributed by atoms with E-state index in [9.17, 15) is 9.59 Å². The molecule has 0 atom stereocenters. The van der Waals surface area contributed by atoms with Crippen LogP contribution in [0.25, 0.3) is 0 Å². The monoisotopic (exact) mass is 361 g/mol. The van der Waals surface area contributed by atoms with E-state index in [0.29, 0.717) is 11.4 Å². The first kappa shape index (κ1) is 18.1.